The van der Waals surface area contributed by atoms with E-state index in [4.69, 9.17) is 24.7 Å². The molecule has 0 amide bonds. The van der Waals surface area contributed by atoms with Gasteiger partial charge in [0.05, 0.1) is 29.9 Å². The zero-order valence-electron chi connectivity index (χ0n) is 28.5. The van der Waals surface area contributed by atoms with Crippen molar-refractivity contribution in [3.63, 3.8) is 0 Å². The number of ether oxygens (including phenoxy) is 1. The summed E-state index contributed by atoms with van der Waals surface area (Å²) in [5.41, 5.74) is 14.2. The van der Waals surface area contributed by atoms with Crippen molar-refractivity contribution in [2.75, 3.05) is 12.4 Å². The summed E-state index contributed by atoms with van der Waals surface area (Å²) in [6, 6.07) is 47.2. The van der Waals surface area contributed by atoms with Gasteiger partial charge in [0.2, 0.25) is 0 Å². The Labute approximate surface area is 314 Å². The Balaban J connectivity index is 0.00000387. The minimum atomic E-state index is 0. The van der Waals surface area contributed by atoms with Crippen molar-refractivity contribution in [3.05, 3.63) is 162 Å². The summed E-state index contributed by atoms with van der Waals surface area (Å²) in [6.07, 6.45) is 8.29. The molecule has 7 heteroatoms. The SMILES string of the molecule is COc1ccc(Nc2c3nc(c(-c4ccccc4)c4ccc([n-]4)c(-c4ccccc4)c4nc(c(-c5ccccc5)c5ccc2[n-]5)C=C4)C=C3)cc1.[Zn+2]. The number of nitrogens with zero attached hydrogens (tertiary/aromatic N) is 4. The number of aromatic nitrogens is 4. The van der Waals surface area contributed by atoms with Gasteiger partial charge >= 0.3 is 19.5 Å². The first kappa shape index (κ1) is 32.9. The molecule has 0 saturated carbocycles. The molecule has 0 radical (unpaired) electrons. The summed E-state index contributed by atoms with van der Waals surface area (Å²) in [4.78, 5) is 21.2. The fraction of sp³-hybridized carbons (Fsp3) is 0.0222. The van der Waals surface area contributed by atoms with Crippen LogP contribution in [-0.2, 0) is 19.5 Å². The molecule has 3 aromatic heterocycles. The minimum absolute atomic E-state index is 0. The fourth-order valence-electron chi connectivity index (χ4n) is 6.74. The monoisotopic (exact) mass is 721 g/mol. The van der Waals surface area contributed by atoms with Crippen molar-refractivity contribution >= 4 is 57.7 Å². The van der Waals surface area contributed by atoms with Crippen LogP contribution < -0.4 is 20.0 Å². The smallest absolute Gasteiger partial charge is 0.657 e. The number of fused-ring (bicyclic) bond motifs is 8. The van der Waals surface area contributed by atoms with E-state index in [1.165, 1.54) is 0 Å². The Bertz CT molecular complexity index is 2590. The predicted molar refractivity (Wildman–Crippen MR) is 209 cm³/mol. The number of benzene rings is 4. The quantitative estimate of drug-likeness (QED) is 0.172. The summed E-state index contributed by atoms with van der Waals surface area (Å²) < 4.78 is 5.42. The third kappa shape index (κ3) is 6.16. The number of rotatable bonds is 6. The molecule has 1 N–H and O–H groups in total. The average Bonchev–Trinajstić information content (AvgIpc) is 4.03. The largest absolute Gasteiger partial charge is 2.00 e. The molecule has 7 aromatic rings. The Morgan fingerprint density at radius 2 is 0.827 bits per heavy atom. The maximum Gasteiger partial charge on any atom is 2.00 e. The molecular formula is C45H31N5OZn. The van der Waals surface area contributed by atoms with Crippen LogP contribution in [0.1, 0.15) is 22.8 Å². The number of nitrogens with one attached hydrogen (secondary N) is 1. The van der Waals surface area contributed by atoms with E-state index in [2.05, 4.69) is 90.3 Å². The van der Waals surface area contributed by atoms with Crippen LogP contribution >= 0.6 is 0 Å². The predicted octanol–water partition coefficient (Wildman–Crippen LogP) is 10.7. The Hall–Kier alpha value is -6.30. The summed E-state index contributed by atoms with van der Waals surface area (Å²) in [5, 5.41) is 3.64. The van der Waals surface area contributed by atoms with Gasteiger partial charge in [-0.1, -0.05) is 115 Å². The van der Waals surface area contributed by atoms with Gasteiger partial charge in [-0.3, -0.25) is 0 Å². The zero-order valence-corrected chi connectivity index (χ0v) is 31.5. The number of hydrogen-bond donors (Lipinski definition) is 1. The van der Waals surface area contributed by atoms with Gasteiger partial charge < -0.3 is 20.0 Å². The van der Waals surface area contributed by atoms with Gasteiger partial charge in [0.15, 0.2) is 0 Å². The molecule has 2 aliphatic rings. The maximum atomic E-state index is 5.42. The molecule has 6 nitrogen and oxygen atoms in total. The normalized spacial score (nSPS) is 11.6. The second-order valence-electron chi connectivity index (χ2n) is 12.3. The standard InChI is InChI=1S/C45H31N5O.Zn/c1-51-33-19-17-32(18-20-33)46-45-40-27-25-38(49-40)43(30-13-7-3-8-14-30)36-23-21-34(47-36)42(29-11-5-2-6-12-29)35-22-24-37(48-35)44(31-15-9-4-10-16-31)39-26-28-41(45)50-39;/h2-28,46H,1H3;/q-2;+2. The van der Waals surface area contributed by atoms with Crippen molar-refractivity contribution in [1.29, 1.82) is 0 Å². The summed E-state index contributed by atoms with van der Waals surface area (Å²) in [5.74, 6) is 0.783. The molecule has 0 aliphatic carbocycles. The minimum Gasteiger partial charge on any atom is -0.657 e. The first-order chi connectivity index (χ1) is 25.2. The van der Waals surface area contributed by atoms with Crippen molar-refractivity contribution < 1.29 is 24.2 Å². The molecule has 0 saturated heterocycles. The van der Waals surface area contributed by atoms with Crippen molar-refractivity contribution in [2.24, 2.45) is 0 Å². The van der Waals surface area contributed by atoms with E-state index in [0.29, 0.717) is 0 Å². The van der Waals surface area contributed by atoms with Crippen molar-refractivity contribution in [3.8, 4) is 39.1 Å². The molecule has 0 unspecified atom stereocenters. The average molecular weight is 723 g/mol. The Kier molecular flexibility index (Phi) is 8.94. The first-order valence-electron chi connectivity index (χ1n) is 16.8. The van der Waals surface area contributed by atoms with E-state index in [1.807, 2.05) is 78.9 Å². The molecule has 52 heavy (non-hydrogen) atoms. The van der Waals surface area contributed by atoms with E-state index in [1.54, 1.807) is 7.11 Å². The van der Waals surface area contributed by atoms with Crippen LogP contribution in [0.4, 0.5) is 11.4 Å². The summed E-state index contributed by atoms with van der Waals surface area (Å²) >= 11 is 0. The summed E-state index contributed by atoms with van der Waals surface area (Å²) in [7, 11) is 1.67. The van der Waals surface area contributed by atoms with Gasteiger partial charge in [0, 0.05) is 11.4 Å². The summed E-state index contributed by atoms with van der Waals surface area (Å²) in [6.45, 7) is 0. The Morgan fingerprint density at radius 1 is 0.442 bits per heavy atom. The third-order valence-corrected chi connectivity index (χ3v) is 9.16. The van der Waals surface area contributed by atoms with E-state index in [0.717, 1.165) is 95.3 Å². The van der Waals surface area contributed by atoms with Crippen LogP contribution in [0.3, 0.4) is 0 Å². The first-order valence-corrected chi connectivity index (χ1v) is 16.8. The van der Waals surface area contributed by atoms with Crippen molar-refractivity contribution in [2.45, 2.75) is 0 Å². The Morgan fingerprint density at radius 3 is 1.27 bits per heavy atom. The van der Waals surface area contributed by atoms with Crippen LogP contribution in [0, 0.1) is 0 Å². The molecule has 2 aliphatic heterocycles. The zero-order chi connectivity index (χ0) is 34.1. The van der Waals surface area contributed by atoms with Gasteiger partial charge in [0.1, 0.15) is 5.75 Å². The number of anilines is 2. The van der Waals surface area contributed by atoms with Crippen LogP contribution in [0.5, 0.6) is 5.75 Å². The molecule has 0 spiro atoms. The van der Waals surface area contributed by atoms with Crippen LogP contribution in [0.15, 0.2) is 140 Å². The number of hydrogen-bond acceptors (Lipinski definition) is 4. The second-order valence-corrected chi connectivity index (χ2v) is 12.3. The van der Waals surface area contributed by atoms with E-state index in [9.17, 15) is 0 Å². The van der Waals surface area contributed by atoms with E-state index in [-0.39, 0.29) is 19.5 Å². The van der Waals surface area contributed by atoms with Gasteiger partial charge in [-0.2, -0.15) is 0 Å². The molecule has 4 aromatic carbocycles. The maximum absolute atomic E-state index is 5.42. The molecule has 244 valence electrons. The van der Waals surface area contributed by atoms with Crippen LogP contribution in [0.2, 0.25) is 0 Å². The van der Waals surface area contributed by atoms with Crippen LogP contribution in [0.25, 0.3) is 79.8 Å². The van der Waals surface area contributed by atoms with Gasteiger partial charge in [-0.25, -0.2) is 9.97 Å². The number of methoxy groups -OCH3 is 1. The third-order valence-electron chi connectivity index (χ3n) is 9.16. The van der Waals surface area contributed by atoms with E-state index < -0.39 is 0 Å². The fourth-order valence-corrected chi connectivity index (χ4v) is 6.74. The van der Waals surface area contributed by atoms with E-state index >= 15 is 0 Å². The van der Waals surface area contributed by atoms with Gasteiger partial charge in [-0.15, -0.1) is 22.1 Å². The molecule has 0 atom stereocenters. The molecule has 9 rings (SSSR count). The molecular weight excluding hydrogens is 692 g/mol. The van der Waals surface area contributed by atoms with Gasteiger partial charge in [-0.05, 0) is 82.0 Å². The molecule has 5 heterocycles. The van der Waals surface area contributed by atoms with Crippen LogP contribution in [-0.4, -0.2) is 17.1 Å². The molecule has 0 fully saturated rings. The topological polar surface area (TPSA) is 75.2 Å². The van der Waals surface area contributed by atoms with Gasteiger partial charge in [0.25, 0.3) is 0 Å². The molecule has 8 bridgehead atoms. The van der Waals surface area contributed by atoms with Crippen molar-refractivity contribution in [1.82, 2.24) is 19.9 Å². The second kappa shape index (κ2) is 14.1.